The number of nitrogens with one attached hydrogen (secondary N) is 1. The molecular weight excluding hydrogens is 467 g/mol. The second-order valence-corrected chi connectivity index (χ2v) is 8.26. The maximum atomic E-state index is 13.6. The lowest BCUT2D eigenvalue weighted by atomic mass is 10.1. The summed E-state index contributed by atoms with van der Waals surface area (Å²) in [7, 11) is 1.57. The summed E-state index contributed by atoms with van der Waals surface area (Å²) in [6.07, 6.45) is -0.191. The van der Waals surface area contributed by atoms with Crippen LogP contribution in [0.3, 0.4) is 0 Å². The van der Waals surface area contributed by atoms with Gasteiger partial charge in [0.05, 0.1) is 26.0 Å². The Bertz CT molecular complexity index is 1320. The van der Waals surface area contributed by atoms with Crippen LogP contribution in [0.2, 0.25) is 0 Å². The average Bonchev–Trinajstić information content (AvgIpc) is 2.89. The van der Waals surface area contributed by atoms with Crippen molar-refractivity contribution in [1.29, 1.82) is 0 Å². The van der Waals surface area contributed by atoms with Crippen LogP contribution in [0.4, 0.5) is 9.18 Å². The predicted molar refractivity (Wildman–Crippen MR) is 130 cm³/mol. The molecule has 1 aromatic heterocycles. The van der Waals surface area contributed by atoms with Crippen molar-refractivity contribution < 1.29 is 23.5 Å². The van der Waals surface area contributed by atoms with Gasteiger partial charge in [-0.25, -0.2) is 14.2 Å². The topological polar surface area (TPSA) is 103 Å². The number of carbonyl (C=O) groups is 2. The third-order valence-corrected chi connectivity index (χ3v) is 5.87. The summed E-state index contributed by atoms with van der Waals surface area (Å²) in [6, 6.07) is 12.8. The van der Waals surface area contributed by atoms with E-state index >= 15 is 0 Å². The monoisotopic (exact) mass is 494 g/mol. The molecule has 1 aliphatic rings. The van der Waals surface area contributed by atoms with E-state index < -0.39 is 11.9 Å². The fourth-order valence-corrected chi connectivity index (χ4v) is 4.05. The Balaban J connectivity index is 1.63. The third kappa shape index (κ3) is 5.54. The molecule has 2 heterocycles. The largest absolute Gasteiger partial charge is 0.497 e. The summed E-state index contributed by atoms with van der Waals surface area (Å²) in [5.41, 5.74) is 1.84. The zero-order chi connectivity index (χ0) is 25.7. The number of fused-ring (bicyclic) bond motifs is 1. The number of methoxy groups -OCH3 is 1. The summed E-state index contributed by atoms with van der Waals surface area (Å²) < 4.78 is 25.2. The van der Waals surface area contributed by atoms with Gasteiger partial charge in [-0.05, 0) is 55.3 Å². The van der Waals surface area contributed by atoms with Crippen LogP contribution in [0.5, 0.6) is 5.75 Å². The number of carbonyl (C=O) groups excluding carboxylic acids is 2. The number of hydrogen-bond donors (Lipinski definition) is 1. The third-order valence-electron chi connectivity index (χ3n) is 5.87. The number of halogens is 1. The Morgan fingerprint density at radius 2 is 1.94 bits per heavy atom. The van der Waals surface area contributed by atoms with Crippen LogP contribution in [-0.2, 0) is 35.6 Å². The molecule has 0 aliphatic carbocycles. The number of amides is 2. The van der Waals surface area contributed by atoms with Gasteiger partial charge in [0.15, 0.2) is 0 Å². The van der Waals surface area contributed by atoms with Crippen molar-refractivity contribution in [2.45, 2.75) is 33.0 Å². The summed E-state index contributed by atoms with van der Waals surface area (Å²) in [5.74, 6) is 0.0809. The van der Waals surface area contributed by atoms with Gasteiger partial charge < -0.3 is 19.7 Å². The van der Waals surface area contributed by atoms with Crippen LogP contribution in [-0.4, -0.2) is 46.7 Å². The summed E-state index contributed by atoms with van der Waals surface area (Å²) in [6.45, 7) is 2.36. The van der Waals surface area contributed by atoms with Crippen LogP contribution in [0.15, 0.2) is 53.3 Å². The second-order valence-electron chi connectivity index (χ2n) is 8.26. The lowest BCUT2D eigenvalue weighted by Crippen LogP contribution is -2.42. The van der Waals surface area contributed by atoms with Gasteiger partial charge >= 0.3 is 6.09 Å². The summed E-state index contributed by atoms with van der Waals surface area (Å²) in [5, 5.41) is 2.82. The quantitative estimate of drug-likeness (QED) is 0.542. The molecule has 0 bridgehead atoms. The van der Waals surface area contributed by atoms with Crippen molar-refractivity contribution in [2.75, 3.05) is 20.3 Å². The van der Waals surface area contributed by atoms with E-state index in [1.54, 1.807) is 14.0 Å². The van der Waals surface area contributed by atoms with E-state index in [1.165, 1.54) is 33.7 Å². The van der Waals surface area contributed by atoms with E-state index in [0.29, 0.717) is 29.1 Å². The van der Waals surface area contributed by atoms with Gasteiger partial charge in [0, 0.05) is 24.2 Å². The first-order chi connectivity index (χ1) is 17.4. The number of nitrogens with zero attached hydrogens (tertiary/aromatic N) is 3. The van der Waals surface area contributed by atoms with Crippen LogP contribution < -0.4 is 15.6 Å². The zero-order valence-corrected chi connectivity index (χ0v) is 20.1. The van der Waals surface area contributed by atoms with Crippen LogP contribution >= 0.6 is 0 Å². The van der Waals surface area contributed by atoms with Crippen LogP contribution in [0.1, 0.15) is 23.7 Å². The normalized spacial score (nSPS) is 12.6. The molecule has 4 rings (SSSR count). The minimum atomic E-state index is -0.477. The molecule has 0 unspecified atom stereocenters. The molecule has 1 aliphatic heterocycles. The van der Waals surface area contributed by atoms with E-state index in [4.69, 9.17) is 9.47 Å². The van der Waals surface area contributed by atoms with Gasteiger partial charge in [0.2, 0.25) is 5.91 Å². The molecule has 10 heteroatoms. The van der Waals surface area contributed by atoms with E-state index in [0.717, 1.165) is 5.56 Å². The molecular formula is C26H27FN4O5. The highest BCUT2D eigenvalue weighted by molar-refractivity contribution is 5.76. The molecule has 3 aromatic rings. The van der Waals surface area contributed by atoms with Crippen molar-refractivity contribution >= 4 is 12.0 Å². The zero-order valence-electron chi connectivity index (χ0n) is 20.1. The summed E-state index contributed by atoms with van der Waals surface area (Å²) in [4.78, 5) is 44.7. The van der Waals surface area contributed by atoms with Crippen LogP contribution in [0, 0.1) is 5.82 Å². The number of benzene rings is 2. The van der Waals surface area contributed by atoms with Gasteiger partial charge in [0.1, 0.15) is 23.9 Å². The van der Waals surface area contributed by atoms with Crippen molar-refractivity contribution in [2.24, 2.45) is 0 Å². The first kappa shape index (κ1) is 24.9. The van der Waals surface area contributed by atoms with E-state index in [2.05, 4.69) is 10.3 Å². The molecule has 0 spiro atoms. The maximum absolute atomic E-state index is 13.6. The predicted octanol–water partition coefficient (Wildman–Crippen LogP) is 2.89. The standard InChI is InChI=1S/C26H27FN4O5/c1-3-36-26(34)30-12-11-21-22(15-30)29-24(18-7-9-19(27)10-8-18)31(25(21)33)16-23(32)28-14-17-5-4-6-20(13-17)35-2/h4-10,13H,3,11-12,14-16H2,1-2H3,(H,28,32). The van der Waals surface area contributed by atoms with Crippen molar-refractivity contribution in [1.82, 2.24) is 19.8 Å². The van der Waals surface area contributed by atoms with Crippen molar-refractivity contribution in [3.8, 4) is 17.1 Å². The fraction of sp³-hybridized carbons (Fsp3) is 0.308. The molecule has 0 atom stereocenters. The molecule has 0 saturated heterocycles. The van der Waals surface area contributed by atoms with Crippen molar-refractivity contribution in [3.63, 3.8) is 0 Å². The Kier molecular flexibility index (Phi) is 7.62. The number of aromatic nitrogens is 2. The molecule has 188 valence electrons. The minimum absolute atomic E-state index is 0.112. The summed E-state index contributed by atoms with van der Waals surface area (Å²) >= 11 is 0. The SMILES string of the molecule is CCOC(=O)N1CCc2c(nc(-c3ccc(F)cc3)n(CC(=O)NCc3cccc(OC)c3)c2=O)C1. The van der Waals surface area contributed by atoms with E-state index in [1.807, 2.05) is 24.3 Å². The molecule has 0 radical (unpaired) electrons. The van der Waals surface area contributed by atoms with Gasteiger partial charge in [-0.15, -0.1) is 0 Å². The minimum Gasteiger partial charge on any atom is -0.497 e. The highest BCUT2D eigenvalue weighted by atomic mass is 19.1. The molecule has 0 fully saturated rings. The Morgan fingerprint density at radius 1 is 1.17 bits per heavy atom. The van der Waals surface area contributed by atoms with Gasteiger partial charge in [-0.2, -0.15) is 0 Å². The molecule has 2 amide bonds. The Morgan fingerprint density at radius 3 is 2.67 bits per heavy atom. The first-order valence-corrected chi connectivity index (χ1v) is 11.6. The number of rotatable bonds is 7. The molecule has 1 N–H and O–H groups in total. The first-order valence-electron chi connectivity index (χ1n) is 11.6. The van der Waals surface area contributed by atoms with Gasteiger partial charge in [0.25, 0.3) is 5.56 Å². The van der Waals surface area contributed by atoms with E-state index in [9.17, 15) is 18.8 Å². The van der Waals surface area contributed by atoms with E-state index in [-0.39, 0.29) is 50.0 Å². The number of ether oxygens (including phenoxy) is 2. The lowest BCUT2D eigenvalue weighted by molar-refractivity contribution is -0.121. The molecule has 2 aromatic carbocycles. The lowest BCUT2D eigenvalue weighted by Gasteiger charge is -2.28. The van der Waals surface area contributed by atoms with Gasteiger partial charge in [-0.1, -0.05) is 12.1 Å². The second kappa shape index (κ2) is 11.0. The van der Waals surface area contributed by atoms with Crippen LogP contribution in [0.25, 0.3) is 11.4 Å². The number of hydrogen-bond acceptors (Lipinski definition) is 6. The highest BCUT2D eigenvalue weighted by Gasteiger charge is 2.27. The average molecular weight is 495 g/mol. The Hall–Kier alpha value is -4.21. The molecule has 0 saturated carbocycles. The smallest absolute Gasteiger partial charge is 0.410 e. The van der Waals surface area contributed by atoms with Crippen molar-refractivity contribution in [3.05, 3.63) is 81.5 Å². The maximum Gasteiger partial charge on any atom is 0.410 e. The molecule has 9 nitrogen and oxygen atoms in total. The van der Waals surface area contributed by atoms with Gasteiger partial charge in [-0.3, -0.25) is 14.2 Å². The fourth-order valence-electron chi connectivity index (χ4n) is 4.05. The molecule has 36 heavy (non-hydrogen) atoms. The highest BCUT2D eigenvalue weighted by Crippen LogP contribution is 2.22. The Labute approximate surface area is 207 Å².